The van der Waals surface area contributed by atoms with E-state index in [1.165, 1.54) is 0 Å². The van der Waals surface area contributed by atoms with Crippen molar-refractivity contribution < 1.29 is 9.59 Å². The van der Waals surface area contributed by atoms with Gasteiger partial charge in [-0.05, 0) is 55.3 Å². The van der Waals surface area contributed by atoms with Crippen molar-refractivity contribution in [2.24, 2.45) is 0 Å². The van der Waals surface area contributed by atoms with Crippen molar-refractivity contribution in [2.45, 2.75) is 26.3 Å². The van der Waals surface area contributed by atoms with Crippen LogP contribution in [0.3, 0.4) is 0 Å². The Labute approximate surface area is 166 Å². The number of fused-ring (bicyclic) bond motifs is 1. The van der Waals surface area contributed by atoms with Gasteiger partial charge in [0.15, 0.2) is 0 Å². The molecular weight excluding hydrogens is 378 g/mol. The minimum atomic E-state index is -0.297. The maximum absolute atomic E-state index is 12.7. The van der Waals surface area contributed by atoms with Gasteiger partial charge in [-0.3, -0.25) is 14.2 Å². The average molecular weight is 396 g/mol. The van der Waals surface area contributed by atoms with Gasteiger partial charge in [-0.1, -0.05) is 11.6 Å². The van der Waals surface area contributed by atoms with Gasteiger partial charge in [0, 0.05) is 30.0 Å². The smallest absolute Gasteiger partial charge is 0.257 e. The molecule has 8 heteroatoms. The lowest BCUT2D eigenvalue weighted by Crippen LogP contribution is -2.33. The first-order valence-corrected chi connectivity index (χ1v) is 9.20. The largest absolute Gasteiger partial charge is 0.322 e. The summed E-state index contributed by atoms with van der Waals surface area (Å²) in [5.74, 6) is -0.280. The van der Waals surface area contributed by atoms with Crippen LogP contribution in [-0.2, 0) is 11.2 Å². The van der Waals surface area contributed by atoms with Gasteiger partial charge in [-0.25, -0.2) is 0 Å². The normalized spacial score (nSPS) is 15.4. The minimum absolute atomic E-state index is 0.0167. The third-order valence-corrected chi connectivity index (χ3v) is 5.12. The number of aromatic nitrogens is 3. The van der Waals surface area contributed by atoms with E-state index in [4.69, 9.17) is 11.6 Å². The molecular formula is C20H18ClN5O2. The van der Waals surface area contributed by atoms with Crippen LogP contribution in [0.15, 0.2) is 49.1 Å². The number of hydrogen-bond donors (Lipinski definition) is 1. The summed E-state index contributed by atoms with van der Waals surface area (Å²) in [6.45, 7) is 3.57. The summed E-state index contributed by atoms with van der Waals surface area (Å²) in [5, 5.41) is 10.7. The summed E-state index contributed by atoms with van der Waals surface area (Å²) in [7, 11) is 0. The third-order valence-electron chi connectivity index (χ3n) is 4.81. The molecule has 0 bridgehead atoms. The highest BCUT2D eigenvalue weighted by Crippen LogP contribution is 2.34. The first-order valence-electron chi connectivity index (χ1n) is 8.82. The van der Waals surface area contributed by atoms with Gasteiger partial charge in [-0.2, -0.15) is 0 Å². The first-order chi connectivity index (χ1) is 13.4. The molecule has 1 N–H and O–H groups in total. The molecule has 7 nitrogen and oxygen atoms in total. The summed E-state index contributed by atoms with van der Waals surface area (Å²) in [6.07, 6.45) is 3.87. The molecule has 0 saturated carbocycles. The summed E-state index contributed by atoms with van der Waals surface area (Å²) in [5.41, 5.74) is 3.74. The number of nitrogens with zero attached hydrogens (tertiary/aromatic N) is 4. The van der Waals surface area contributed by atoms with Crippen LogP contribution in [0, 0.1) is 0 Å². The molecule has 4 rings (SSSR count). The fourth-order valence-electron chi connectivity index (χ4n) is 3.57. The molecule has 0 radical (unpaired) electrons. The number of rotatable bonds is 3. The van der Waals surface area contributed by atoms with E-state index < -0.39 is 0 Å². The minimum Gasteiger partial charge on any atom is -0.322 e. The number of anilines is 2. The highest BCUT2D eigenvalue weighted by Gasteiger charge is 2.29. The molecule has 1 aromatic heterocycles. The molecule has 0 spiro atoms. The van der Waals surface area contributed by atoms with Crippen molar-refractivity contribution in [3.05, 3.63) is 65.2 Å². The van der Waals surface area contributed by atoms with Gasteiger partial charge < -0.3 is 10.2 Å². The van der Waals surface area contributed by atoms with E-state index in [0.29, 0.717) is 16.3 Å². The highest BCUT2D eigenvalue weighted by atomic mass is 35.5. The molecule has 1 aliphatic heterocycles. The van der Waals surface area contributed by atoms with E-state index in [9.17, 15) is 9.59 Å². The molecule has 0 fully saturated rings. The van der Waals surface area contributed by atoms with Crippen molar-refractivity contribution in [1.29, 1.82) is 0 Å². The van der Waals surface area contributed by atoms with Gasteiger partial charge in [0.2, 0.25) is 5.91 Å². The first kappa shape index (κ1) is 18.2. The number of carbonyl (C=O) groups is 2. The SMILES string of the molecule is CC(=O)N1c2ccc(NC(=O)c3ccc(-n4cnnc4)cc3Cl)cc2C[C@@H]1C. The van der Waals surface area contributed by atoms with Crippen LogP contribution < -0.4 is 10.2 Å². The van der Waals surface area contributed by atoms with Crippen LogP contribution in [-0.4, -0.2) is 32.6 Å². The molecule has 2 heterocycles. The van der Waals surface area contributed by atoms with E-state index in [-0.39, 0.29) is 17.9 Å². The van der Waals surface area contributed by atoms with Crippen molar-refractivity contribution in [3.8, 4) is 5.69 Å². The van der Waals surface area contributed by atoms with Crippen LogP contribution in [0.25, 0.3) is 5.69 Å². The second-order valence-corrected chi connectivity index (χ2v) is 7.18. The Balaban J connectivity index is 1.55. The summed E-state index contributed by atoms with van der Waals surface area (Å²) < 4.78 is 1.70. The Morgan fingerprint density at radius 3 is 2.57 bits per heavy atom. The second-order valence-electron chi connectivity index (χ2n) is 6.77. The van der Waals surface area contributed by atoms with Gasteiger partial charge in [0.05, 0.1) is 10.6 Å². The van der Waals surface area contributed by atoms with Crippen LogP contribution >= 0.6 is 11.6 Å². The van der Waals surface area contributed by atoms with E-state index in [1.54, 1.807) is 53.3 Å². The van der Waals surface area contributed by atoms with Crippen LogP contribution in [0.4, 0.5) is 11.4 Å². The molecule has 142 valence electrons. The summed E-state index contributed by atoms with van der Waals surface area (Å²) in [4.78, 5) is 26.3. The lowest BCUT2D eigenvalue weighted by atomic mass is 10.1. The third kappa shape index (κ3) is 3.25. The second kappa shape index (κ2) is 7.09. The number of carbonyl (C=O) groups excluding carboxylic acids is 2. The van der Waals surface area contributed by atoms with E-state index in [1.807, 2.05) is 19.1 Å². The van der Waals surface area contributed by atoms with Gasteiger partial charge in [0.1, 0.15) is 12.7 Å². The molecule has 0 unspecified atom stereocenters. The quantitative estimate of drug-likeness (QED) is 0.736. The predicted octanol–water partition coefficient (Wildman–Crippen LogP) is 3.47. The maximum Gasteiger partial charge on any atom is 0.257 e. The van der Waals surface area contributed by atoms with Crippen molar-refractivity contribution in [2.75, 3.05) is 10.2 Å². The lowest BCUT2D eigenvalue weighted by molar-refractivity contribution is -0.116. The Morgan fingerprint density at radius 2 is 1.89 bits per heavy atom. The Hall–Kier alpha value is -3.19. The molecule has 28 heavy (non-hydrogen) atoms. The van der Waals surface area contributed by atoms with Crippen LogP contribution in [0.1, 0.15) is 29.8 Å². The summed E-state index contributed by atoms with van der Waals surface area (Å²) >= 11 is 6.32. The van der Waals surface area contributed by atoms with Gasteiger partial charge in [0.25, 0.3) is 5.91 Å². The van der Waals surface area contributed by atoms with E-state index in [0.717, 1.165) is 23.4 Å². The van der Waals surface area contributed by atoms with E-state index >= 15 is 0 Å². The summed E-state index contributed by atoms with van der Waals surface area (Å²) in [6, 6.07) is 10.8. The predicted molar refractivity (Wildman–Crippen MR) is 107 cm³/mol. The van der Waals surface area contributed by atoms with Crippen LogP contribution in [0.5, 0.6) is 0 Å². The van der Waals surface area contributed by atoms with E-state index in [2.05, 4.69) is 15.5 Å². The number of benzene rings is 2. The lowest BCUT2D eigenvalue weighted by Gasteiger charge is -2.20. The molecule has 1 aliphatic rings. The molecule has 3 aromatic rings. The van der Waals surface area contributed by atoms with Crippen molar-refractivity contribution >= 4 is 34.8 Å². The molecule has 0 saturated heterocycles. The highest BCUT2D eigenvalue weighted by molar-refractivity contribution is 6.34. The zero-order valence-corrected chi connectivity index (χ0v) is 16.1. The molecule has 1 atom stereocenters. The Bertz CT molecular complexity index is 1060. The zero-order chi connectivity index (χ0) is 19.8. The number of halogens is 1. The fourth-order valence-corrected chi connectivity index (χ4v) is 3.83. The average Bonchev–Trinajstić information content (AvgIpc) is 3.28. The maximum atomic E-state index is 12.7. The molecule has 2 amide bonds. The van der Waals surface area contributed by atoms with Gasteiger partial charge in [-0.15, -0.1) is 10.2 Å². The van der Waals surface area contributed by atoms with Crippen molar-refractivity contribution in [1.82, 2.24) is 14.8 Å². The molecule has 2 aromatic carbocycles. The fraction of sp³-hybridized carbons (Fsp3) is 0.200. The number of nitrogens with one attached hydrogen (secondary N) is 1. The Kier molecular flexibility index (Phi) is 4.60. The van der Waals surface area contributed by atoms with Gasteiger partial charge >= 0.3 is 0 Å². The zero-order valence-electron chi connectivity index (χ0n) is 15.4. The number of hydrogen-bond acceptors (Lipinski definition) is 4. The topological polar surface area (TPSA) is 80.1 Å². The Morgan fingerprint density at radius 1 is 1.14 bits per heavy atom. The van der Waals surface area contributed by atoms with Crippen molar-refractivity contribution in [3.63, 3.8) is 0 Å². The van der Waals surface area contributed by atoms with Crippen LogP contribution in [0.2, 0.25) is 5.02 Å². The number of amides is 2. The molecule has 0 aliphatic carbocycles. The monoisotopic (exact) mass is 395 g/mol. The standard InChI is InChI=1S/C20H18ClN5O2/c1-12-7-14-8-15(3-6-19(14)26(12)13(2)27)24-20(28)17-5-4-16(9-18(17)21)25-10-22-23-11-25/h3-6,8-12H,7H2,1-2H3,(H,24,28)/t12-/m0/s1.